The fraction of sp³-hybridized carbons (Fsp3) is 0.346. The summed E-state index contributed by atoms with van der Waals surface area (Å²) in [5.74, 6) is 0.650. The van der Waals surface area contributed by atoms with Gasteiger partial charge >= 0.3 is 0 Å². The molecule has 28 heavy (non-hydrogen) atoms. The summed E-state index contributed by atoms with van der Waals surface area (Å²) in [5, 5.41) is 1.50. The minimum absolute atomic E-state index is 0.650. The fourth-order valence-corrected chi connectivity index (χ4v) is 5.50. The zero-order valence-corrected chi connectivity index (χ0v) is 19.4. The van der Waals surface area contributed by atoms with Gasteiger partial charge in [0.25, 0.3) is 0 Å². The molecular formula is C26H33NSi. The highest BCUT2D eigenvalue weighted by atomic mass is 28.3. The molecule has 2 aromatic carbocycles. The van der Waals surface area contributed by atoms with Crippen molar-refractivity contribution in [3.8, 4) is 22.4 Å². The van der Waals surface area contributed by atoms with Gasteiger partial charge < -0.3 is 0 Å². The molecule has 0 bridgehead atoms. The van der Waals surface area contributed by atoms with Gasteiger partial charge in [-0.2, -0.15) is 0 Å². The molecule has 0 N–H and O–H groups in total. The third-order valence-corrected chi connectivity index (χ3v) is 7.23. The van der Waals surface area contributed by atoms with Crippen LogP contribution in [0.1, 0.15) is 30.5 Å². The number of benzene rings is 2. The summed E-state index contributed by atoms with van der Waals surface area (Å²) < 4.78 is 0. The molecule has 0 atom stereocenters. The number of nitrogens with zero attached hydrogens (tertiary/aromatic N) is 1. The van der Waals surface area contributed by atoms with Gasteiger partial charge in [-0.15, -0.1) is 0 Å². The lowest BCUT2D eigenvalue weighted by molar-refractivity contribution is 0.649. The standard InChI is InChI=1S/C26H33NSi/c1-18(2)12-24-16-25(27-17-26(24)28(5,6)7)22-10-8-21(9-11-22)23-14-19(3)13-20(4)15-23/h8-11,13-18H,12H2,1-7H3. The molecule has 0 saturated carbocycles. The van der Waals surface area contributed by atoms with E-state index in [1.54, 1.807) is 0 Å². The lowest BCUT2D eigenvalue weighted by atomic mass is 9.98. The summed E-state index contributed by atoms with van der Waals surface area (Å²) in [4.78, 5) is 4.85. The van der Waals surface area contributed by atoms with Gasteiger partial charge in [0, 0.05) is 11.8 Å². The van der Waals surface area contributed by atoms with Gasteiger partial charge in [0.1, 0.15) is 0 Å². The molecule has 3 aromatic rings. The summed E-state index contributed by atoms with van der Waals surface area (Å²) in [7, 11) is -1.39. The van der Waals surface area contributed by atoms with Crippen molar-refractivity contribution in [1.29, 1.82) is 0 Å². The molecule has 0 aliphatic carbocycles. The first-order chi connectivity index (χ1) is 13.1. The molecule has 0 aliphatic heterocycles. The van der Waals surface area contributed by atoms with Crippen molar-refractivity contribution in [1.82, 2.24) is 4.98 Å². The van der Waals surface area contributed by atoms with E-state index < -0.39 is 8.07 Å². The topological polar surface area (TPSA) is 12.9 Å². The van der Waals surface area contributed by atoms with E-state index >= 15 is 0 Å². The van der Waals surface area contributed by atoms with Crippen LogP contribution < -0.4 is 5.19 Å². The van der Waals surface area contributed by atoms with Gasteiger partial charge in [0.15, 0.2) is 0 Å². The summed E-state index contributed by atoms with van der Waals surface area (Å²) in [6.07, 6.45) is 3.27. The Morgan fingerprint density at radius 2 is 1.36 bits per heavy atom. The Morgan fingerprint density at radius 1 is 0.786 bits per heavy atom. The Balaban J connectivity index is 1.97. The average molecular weight is 388 g/mol. The van der Waals surface area contributed by atoms with Crippen molar-refractivity contribution in [2.45, 2.75) is 53.8 Å². The molecule has 1 aromatic heterocycles. The molecule has 0 spiro atoms. The first-order valence-electron chi connectivity index (χ1n) is 10.3. The van der Waals surface area contributed by atoms with Crippen LogP contribution in [0.2, 0.25) is 19.6 Å². The third kappa shape index (κ3) is 4.80. The Hall–Kier alpha value is -2.19. The van der Waals surface area contributed by atoms with Gasteiger partial charge in [-0.05, 0) is 54.1 Å². The predicted octanol–water partition coefficient (Wildman–Crippen LogP) is 6.78. The molecule has 0 amide bonds. The monoisotopic (exact) mass is 387 g/mol. The average Bonchev–Trinajstić information content (AvgIpc) is 2.59. The van der Waals surface area contributed by atoms with Crippen molar-refractivity contribution in [3.63, 3.8) is 0 Å². The number of hydrogen-bond donors (Lipinski definition) is 0. The summed E-state index contributed by atoms with van der Waals surface area (Å²) >= 11 is 0. The van der Waals surface area contributed by atoms with E-state index in [0.717, 1.165) is 12.1 Å². The van der Waals surface area contributed by atoms with E-state index in [2.05, 4.69) is 102 Å². The SMILES string of the molecule is Cc1cc(C)cc(-c2ccc(-c3cc(CC(C)C)c([Si](C)(C)C)cn3)cc2)c1. The van der Waals surface area contributed by atoms with Crippen LogP contribution >= 0.6 is 0 Å². The van der Waals surface area contributed by atoms with Crippen molar-refractivity contribution in [2.24, 2.45) is 5.92 Å². The van der Waals surface area contributed by atoms with Gasteiger partial charge in [0.05, 0.1) is 13.8 Å². The first-order valence-corrected chi connectivity index (χ1v) is 13.8. The second-order valence-corrected chi connectivity index (χ2v) is 14.6. The summed E-state index contributed by atoms with van der Waals surface area (Å²) in [6.45, 7) is 16.1. The first kappa shape index (κ1) is 20.5. The van der Waals surface area contributed by atoms with Crippen LogP contribution in [0, 0.1) is 19.8 Å². The molecule has 0 saturated heterocycles. The third-order valence-electron chi connectivity index (χ3n) is 5.16. The molecule has 3 rings (SSSR count). The van der Waals surface area contributed by atoms with Crippen molar-refractivity contribution in [2.75, 3.05) is 0 Å². The predicted molar refractivity (Wildman–Crippen MR) is 126 cm³/mol. The molecular weight excluding hydrogens is 354 g/mol. The lowest BCUT2D eigenvalue weighted by Gasteiger charge is -2.22. The molecule has 0 aliphatic rings. The van der Waals surface area contributed by atoms with Crippen LogP contribution in [0.15, 0.2) is 54.7 Å². The van der Waals surface area contributed by atoms with Crippen molar-refractivity contribution in [3.05, 3.63) is 71.4 Å². The number of rotatable bonds is 5. The summed E-state index contributed by atoms with van der Waals surface area (Å²) in [5.41, 5.74) is 8.92. The number of pyridine rings is 1. The molecule has 0 fully saturated rings. The number of aromatic nitrogens is 1. The Kier molecular flexibility index (Phi) is 5.90. The maximum atomic E-state index is 4.85. The van der Waals surface area contributed by atoms with Crippen LogP contribution in [0.25, 0.3) is 22.4 Å². The zero-order chi connectivity index (χ0) is 20.5. The highest BCUT2D eigenvalue weighted by Crippen LogP contribution is 2.26. The van der Waals surface area contributed by atoms with Crippen LogP contribution in [0.5, 0.6) is 0 Å². The van der Waals surface area contributed by atoms with Crippen LogP contribution in [0.4, 0.5) is 0 Å². The number of aryl methyl sites for hydroxylation is 2. The maximum absolute atomic E-state index is 4.85. The fourth-order valence-electron chi connectivity index (χ4n) is 3.91. The van der Waals surface area contributed by atoms with E-state index in [4.69, 9.17) is 4.98 Å². The second kappa shape index (κ2) is 8.04. The van der Waals surface area contributed by atoms with E-state index in [9.17, 15) is 0 Å². The van der Waals surface area contributed by atoms with Gasteiger partial charge in [-0.25, -0.2) is 0 Å². The largest absolute Gasteiger partial charge is 0.256 e. The maximum Gasteiger partial charge on any atom is 0.0799 e. The minimum atomic E-state index is -1.39. The second-order valence-electron chi connectivity index (χ2n) is 9.53. The lowest BCUT2D eigenvalue weighted by Crippen LogP contribution is -2.40. The Labute approximate surface area is 171 Å². The van der Waals surface area contributed by atoms with Crippen molar-refractivity contribution < 1.29 is 0 Å². The van der Waals surface area contributed by atoms with Gasteiger partial charge in [-0.3, -0.25) is 4.98 Å². The van der Waals surface area contributed by atoms with Gasteiger partial charge in [-0.1, -0.05) is 87.1 Å². The zero-order valence-electron chi connectivity index (χ0n) is 18.4. The molecule has 2 heteroatoms. The Bertz CT molecular complexity index is 942. The molecule has 1 heterocycles. The quantitative estimate of drug-likeness (QED) is 0.440. The molecule has 1 nitrogen and oxygen atoms in total. The molecule has 0 unspecified atom stereocenters. The molecule has 146 valence electrons. The normalized spacial score (nSPS) is 11.9. The van der Waals surface area contributed by atoms with E-state index in [-0.39, 0.29) is 0 Å². The van der Waals surface area contributed by atoms with E-state index in [1.807, 2.05) is 0 Å². The van der Waals surface area contributed by atoms with Crippen LogP contribution in [-0.4, -0.2) is 13.1 Å². The highest BCUT2D eigenvalue weighted by molar-refractivity contribution is 6.89. The van der Waals surface area contributed by atoms with Gasteiger partial charge in [0.2, 0.25) is 0 Å². The highest BCUT2D eigenvalue weighted by Gasteiger charge is 2.21. The minimum Gasteiger partial charge on any atom is -0.256 e. The number of hydrogen-bond acceptors (Lipinski definition) is 1. The van der Waals surface area contributed by atoms with E-state index in [1.165, 1.54) is 38.6 Å². The van der Waals surface area contributed by atoms with Crippen LogP contribution in [-0.2, 0) is 6.42 Å². The van der Waals surface area contributed by atoms with E-state index in [0.29, 0.717) is 5.92 Å². The summed E-state index contributed by atoms with van der Waals surface area (Å²) in [6, 6.07) is 17.9. The molecule has 0 radical (unpaired) electrons. The Morgan fingerprint density at radius 3 is 1.89 bits per heavy atom. The van der Waals surface area contributed by atoms with Crippen molar-refractivity contribution >= 4 is 13.3 Å². The van der Waals surface area contributed by atoms with Crippen LogP contribution in [0.3, 0.4) is 0 Å². The smallest absolute Gasteiger partial charge is 0.0799 e.